The summed E-state index contributed by atoms with van der Waals surface area (Å²) in [6.45, 7) is 8.80. The van der Waals surface area contributed by atoms with Gasteiger partial charge in [0, 0.05) is 61.6 Å². The van der Waals surface area contributed by atoms with Crippen LogP contribution in [0.4, 0.5) is 22.0 Å². The van der Waals surface area contributed by atoms with Crippen LogP contribution in [0.5, 0.6) is 0 Å². The van der Waals surface area contributed by atoms with E-state index in [1.807, 2.05) is 12.1 Å². The smallest absolute Gasteiger partial charge is 0.328 e. The number of pyridine rings is 1. The Morgan fingerprint density at radius 3 is 2.55 bits per heavy atom. The molecule has 1 fully saturated rings. The Balaban J connectivity index is 1.48. The van der Waals surface area contributed by atoms with Crippen molar-refractivity contribution in [3.05, 3.63) is 58.9 Å². The third-order valence-electron chi connectivity index (χ3n) is 5.24. The van der Waals surface area contributed by atoms with Gasteiger partial charge in [0.15, 0.2) is 5.82 Å². The van der Waals surface area contributed by atoms with Crippen LogP contribution < -0.4 is 10.2 Å². The van der Waals surface area contributed by atoms with Crippen molar-refractivity contribution >= 4 is 34.1 Å². The number of amides is 1. The molecule has 162 valence electrons. The topological polar surface area (TPSA) is 96.5 Å². The first-order valence-corrected chi connectivity index (χ1v) is 10.3. The number of fused-ring (bicyclic) bond motifs is 1. The van der Waals surface area contributed by atoms with Crippen LogP contribution in [0.1, 0.15) is 20.8 Å². The molecule has 9 nitrogen and oxygen atoms in total. The third kappa shape index (κ3) is 4.30. The maximum atomic E-state index is 13.1. The van der Waals surface area contributed by atoms with Gasteiger partial charge in [-0.3, -0.25) is 14.7 Å². The van der Waals surface area contributed by atoms with E-state index in [0.29, 0.717) is 37.1 Å². The highest BCUT2D eigenvalue weighted by Crippen LogP contribution is 2.27. The quantitative estimate of drug-likeness (QED) is 0.507. The second kappa shape index (κ2) is 7.90. The SMILES string of the molecule is CC(C)(C)Nc1cccnc1N1CCN(C(=O)n2ccc3cc([N+](=O)[O-])ccc32)CC1. The molecule has 3 heterocycles. The van der Waals surface area contributed by atoms with Gasteiger partial charge in [-0.1, -0.05) is 0 Å². The summed E-state index contributed by atoms with van der Waals surface area (Å²) >= 11 is 0. The number of non-ortho nitro benzene ring substituents is 1. The van der Waals surface area contributed by atoms with E-state index in [1.54, 1.807) is 34.0 Å². The van der Waals surface area contributed by atoms with Crippen molar-refractivity contribution < 1.29 is 9.72 Å². The molecule has 3 aromatic rings. The number of carbonyl (C=O) groups excluding carboxylic acids is 1. The van der Waals surface area contributed by atoms with Crippen molar-refractivity contribution in [1.29, 1.82) is 0 Å². The van der Waals surface area contributed by atoms with Gasteiger partial charge in [0.05, 0.1) is 16.1 Å². The van der Waals surface area contributed by atoms with E-state index in [0.717, 1.165) is 11.5 Å². The van der Waals surface area contributed by atoms with Gasteiger partial charge >= 0.3 is 6.03 Å². The van der Waals surface area contributed by atoms with Gasteiger partial charge < -0.3 is 15.1 Å². The van der Waals surface area contributed by atoms with Crippen LogP contribution in [0.2, 0.25) is 0 Å². The molecule has 1 aliphatic rings. The highest BCUT2D eigenvalue weighted by atomic mass is 16.6. The van der Waals surface area contributed by atoms with Crippen LogP contribution in [0.3, 0.4) is 0 Å². The number of piperazine rings is 1. The minimum Gasteiger partial charge on any atom is -0.377 e. The van der Waals surface area contributed by atoms with Gasteiger partial charge in [0.25, 0.3) is 5.69 Å². The fourth-order valence-corrected chi connectivity index (χ4v) is 3.82. The maximum Gasteiger partial charge on any atom is 0.328 e. The highest BCUT2D eigenvalue weighted by molar-refractivity contribution is 5.92. The fraction of sp³-hybridized carbons (Fsp3) is 0.364. The molecular formula is C22H26N6O3. The van der Waals surface area contributed by atoms with E-state index in [-0.39, 0.29) is 17.3 Å². The molecule has 0 atom stereocenters. The second-order valence-electron chi connectivity index (χ2n) is 8.69. The predicted molar refractivity (Wildman–Crippen MR) is 121 cm³/mol. The Labute approximate surface area is 180 Å². The highest BCUT2D eigenvalue weighted by Gasteiger charge is 2.26. The summed E-state index contributed by atoms with van der Waals surface area (Å²) in [4.78, 5) is 32.2. The lowest BCUT2D eigenvalue weighted by Crippen LogP contribution is -2.50. The van der Waals surface area contributed by atoms with Gasteiger partial charge in [-0.15, -0.1) is 0 Å². The number of carbonyl (C=O) groups is 1. The van der Waals surface area contributed by atoms with Crippen molar-refractivity contribution in [3.8, 4) is 0 Å². The summed E-state index contributed by atoms with van der Waals surface area (Å²) < 4.78 is 1.56. The molecule has 4 rings (SSSR count). The molecule has 0 unspecified atom stereocenters. The lowest BCUT2D eigenvalue weighted by atomic mass is 10.1. The summed E-state index contributed by atoms with van der Waals surface area (Å²) in [7, 11) is 0. The second-order valence-corrected chi connectivity index (χ2v) is 8.69. The monoisotopic (exact) mass is 422 g/mol. The number of aromatic nitrogens is 2. The number of nitro benzene ring substituents is 1. The molecule has 0 bridgehead atoms. The number of benzene rings is 1. The zero-order valence-corrected chi connectivity index (χ0v) is 17.9. The maximum absolute atomic E-state index is 13.1. The Hall–Kier alpha value is -3.62. The summed E-state index contributed by atoms with van der Waals surface area (Å²) in [6.07, 6.45) is 3.46. The van der Waals surface area contributed by atoms with E-state index in [9.17, 15) is 14.9 Å². The van der Waals surface area contributed by atoms with Gasteiger partial charge in [-0.25, -0.2) is 9.78 Å². The minimum absolute atomic E-state index is 0.0151. The Morgan fingerprint density at radius 2 is 1.87 bits per heavy atom. The molecule has 0 spiro atoms. The molecule has 0 aliphatic carbocycles. The molecule has 9 heteroatoms. The van der Waals surface area contributed by atoms with Crippen LogP contribution in [0, 0.1) is 10.1 Å². The first-order chi connectivity index (χ1) is 14.7. The van der Waals surface area contributed by atoms with Gasteiger partial charge in [0.2, 0.25) is 0 Å². The molecule has 2 aromatic heterocycles. The van der Waals surface area contributed by atoms with Gasteiger partial charge in [-0.05, 0) is 45.0 Å². The number of nitrogens with zero attached hydrogens (tertiary/aromatic N) is 5. The van der Waals surface area contributed by atoms with E-state index in [4.69, 9.17) is 0 Å². The first-order valence-electron chi connectivity index (χ1n) is 10.3. The molecule has 0 radical (unpaired) electrons. The van der Waals surface area contributed by atoms with Gasteiger partial charge in [-0.2, -0.15) is 0 Å². The van der Waals surface area contributed by atoms with Gasteiger partial charge in [0.1, 0.15) is 0 Å². The van der Waals surface area contributed by atoms with E-state index in [1.165, 1.54) is 12.1 Å². The molecule has 1 N–H and O–H groups in total. The van der Waals surface area contributed by atoms with Crippen LogP contribution >= 0.6 is 0 Å². The van der Waals surface area contributed by atoms with Crippen LogP contribution in [0.25, 0.3) is 10.9 Å². The number of nitro groups is 1. The molecule has 1 saturated heterocycles. The fourth-order valence-electron chi connectivity index (χ4n) is 3.82. The van der Waals surface area contributed by atoms with Crippen LogP contribution in [-0.4, -0.2) is 57.1 Å². The molecule has 1 aliphatic heterocycles. The zero-order valence-electron chi connectivity index (χ0n) is 17.9. The van der Waals surface area contributed by atoms with Crippen molar-refractivity contribution in [2.24, 2.45) is 0 Å². The van der Waals surface area contributed by atoms with Crippen molar-refractivity contribution in [2.75, 3.05) is 36.4 Å². The van der Waals surface area contributed by atoms with E-state index >= 15 is 0 Å². The van der Waals surface area contributed by atoms with E-state index in [2.05, 4.69) is 36.0 Å². The van der Waals surface area contributed by atoms with Crippen LogP contribution in [0.15, 0.2) is 48.8 Å². The Bertz CT molecular complexity index is 1130. The summed E-state index contributed by atoms with van der Waals surface area (Å²) in [5.41, 5.74) is 1.58. The number of nitrogens with one attached hydrogen (secondary N) is 1. The van der Waals surface area contributed by atoms with Crippen LogP contribution in [-0.2, 0) is 0 Å². The number of hydrogen-bond donors (Lipinski definition) is 1. The number of rotatable bonds is 3. The lowest BCUT2D eigenvalue weighted by molar-refractivity contribution is -0.384. The van der Waals surface area contributed by atoms with Crippen molar-refractivity contribution in [2.45, 2.75) is 26.3 Å². The molecular weight excluding hydrogens is 396 g/mol. The number of anilines is 2. The van der Waals surface area contributed by atoms with Crippen molar-refractivity contribution in [1.82, 2.24) is 14.5 Å². The predicted octanol–water partition coefficient (Wildman–Crippen LogP) is 3.95. The molecule has 1 amide bonds. The average Bonchev–Trinajstić information content (AvgIpc) is 3.16. The lowest BCUT2D eigenvalue weighted by Gasteiger charge is -2.37. The Kier molecular flexibility index (Phi) is 5.26. The molecule has 0 saturated carbocycles. The largest absolute Gasteiger partial charge is 0.377 e. The average molecular weight is 422 g/mol. The standard InChI is InChI=1S/C22H26N6O3/c1-22(2,3)24-18-5-4-9-23-20(18)25-11-13-26(14-12-25)21(29)27-10-8-16-15-17(28(30)31)6-7-19(16)27/h4-10,15,24H,11-14H2,1-3H3. The summed E-state index contributed by atoms with van der Waals surface area (Å²) in [5.74, 6) is 0.892. The normalized spacial score (nSPS) is 14.7. The molecule has 1 aromatic carbocycles. The zero-order chi connectivity index (χ0) is 22.2. The number of hydrogen-bond acceptors (Lipinski definition) is 6. The molecule has 31 heavy (non-hydrogen) atoms. The summed E-state index contributed by atoms with van der Waals surface area (Å²) in [6, 6.07) is 10.1. The summed E-state index contributed by atoms with van der Waals surface area (Å²) in [5, 5.41) is 15.2. The van der Waals surface area contributed by atoms with E-state index < -0.39 is 4.92 Å². The first kappa shape index (κ1) is 20.6. The Morgan fingerprint density at radius 1 is 1.13 bits per heavy atom. The van der Waals surface area contributed by atoms with Crippen molar-refractivity contribution in [3.63, 3.8) is 0 Å². The third-order valence-corrected chi connectivity index (χ3v) is 5.24. The minimum atomic E-state index is -0.432.